The van der Waals surface area contributed by atoms with Gasteiger partial charge in [-0.1, -0.05) is 30.3 Å². The number of rotatable bonds is 2. The van der Waals surface area contributed by atoms with Gasteiger partial charge in [-0.15, -0.1) is 12.8 Å². The average Bonchev–Trinajstić information content (AvgIpc) is 3.06. The normalized spacial score (nSPS) is 14.8. The topological polar surface area (TPSA) is 0 Å². The van der Waals surface area contributed by atoms with Crippen LogP contribution in [0.4, 0.5) is 0 Å². The van der Waals surface area contributed by atoms with Crippen LogP contribution in [0, 0.1) is 12.2 Å². The third-order valence-electron chi connectivity index (χ3n) is 2.59. The van der Waals surface area contributed by atoms with Crippen molar-refractivity contribution >= 4 is 0 Å². The van der Waals surface area contributed by atoms with E-state index in [1.54, 1.807) is 0 Å². The Hall–Kier alpha value is -1.11. The van der Waals surface area contributed by atoms with Gasteiger partial charge in [0, 0.05) is 0 Å². The van der Waals surface area contributed by atoms with Crippen LogP contribution in [-0.2, 0) is 28.1 Å². The number of benzene rings is 1. The Morgan fingerprint density at radius 1 is 1.06 bits per heavy atom. The Morgan fingerprint density at radius 2 is 1.89 bits per heavy atom. The summed E-state index contributed by atoms with van der Waals surface area (Å²) in [5.74, 6) is 0. The van der Waals surface area contributed by atoms with Gasteiger partial charge >= 0.3 is 21.7 Å². The molecule has 0 aliphatic heterocycles. The third kappa shape index (κ3) is 5.49. The molecule has 0 unspecified atom stereocenters. The number of hydrogen-bond donors (Lipinski definition) is 0. The van der Waals surface area contributed by atoms with Gasteiger partial charge in [0.25, 0.3) is 0 Å². The van der Waals surface area contributed by atoms with Gasteiger partial charge in [-0.25, -0.2) is 23.8 Å². The molecule has 0 heterocycles. The van der Waals surface area contributed by atoms with Gasteiger partial charge in [0.1, 0.15) is 0 Å². The second kappa shape index (κ2) is 8.91. The van der Waals surface area contributed by atoms with Crippen molar-refractivity contribution in [2.75, 3.05) is 0 Å². The fourth-order valence-electron chi connectivity index (χ4n) is 1.73. The van der Waals surface area contributed by atoms with Gasteiger partial charge < -0.3 is 2.85 Å². The molecule has 90 valence electrons. The van der Waals surface area contributed by atoms with Crippen LogP contribution in [0.3, 0.4) is 0 Å². The molecule has 3 rings (SSSR count). The molecule has 0 fully saturated rings. The molecule has 0 saturated carbocycles. The van der Waals surface area contributed by atoms with Gasteiger partial charge in [-0.3, -0.25) is 12.2 Å². The van der Waals surface area contributed by atoms with Crippen LogP contribution in [0.1, 0.15) is 21.3 Å². The molecule has 1 heteroatoms. The Bertz CT molecular complexity index is 449. The smallest absolute Gasteiger partial charge is 1.00 e. The molecule has 0 aromatic heterocycles. The van der Waals surface area contributed by atoms with Gasteiger partial charge in [-0.05, 0) is 12.0 Å². The fourth-order valence-corrected chi connectivity index (χ4v) is 1.73. The predicted molar refractivity (Wildman–Crippen MR) is 74.5 cm³/mol. The standard InChI is InChI=1S/C12H11.C5H5.Ti.2H/c1-2-6-11(7-3-1)10-12-8-4-5-9-12;1-2-4-5-3-1;;;/h1-4,6-8H,5,10H2;1-3H,4H2;;;/q2*-1;+4;2*-1. The minimum absolute atomic E-state index is 0. The molecule has 0 bridgehead atoms. The zero-order valence-corrected chi connectivity index (χ0v) is 12.0. The van der Waals surface area contributed by atoms with E-state index < -0.39 is 0 Å². The summed E-state index contributed by atoms with van der Waals surface area (Å²) in [5, 5.41) is 0. The van der Waals surface area contributed by atoms with Crippen LogP contribution >= 0.6 is 0 Å². The van der Waals surface area contributed by atoms with Crippen molar-refractivity contribution in [3.8, 4) is 0 Å². The molecule has 0 N–H and O–H groups in total. The molecular formula is C17H18Ti. The van der Waals surface area contributed by atoms with E-state index in [9.17, 15) is 0 Å². The summed E-state index contributed by atoms with van der Waals surface area (Å²) in [4.78, 5) is 0. The summed E-state index contributed by atoms with van der Waals surface area (Å²) in [7, 11) is 0. The van der Waals surface area contributed by atoms with E-state index >= 15 is 0 Å². The first-order valence-electron chi connectivity index (χ1n) is 5.97. The first kappa shape index (κ1) is 15.0. The van der Waals surface area contributed by atoms with Crippen LogP contribution in [0.2, 0.25) is 0 Å². The minimum Gasteiger partial charge on any atom is -1.00 e. The van der Waals surface area contributed by atoms with Crippen LogP contribution in [0.5, 0.6) is 0 Å². The second-order valence-electron chi connectivity index (χ2n) is 3.97. The average molecular weight is 270 g/mol. The minimum atomic E-state index is 0. The monoisotopic (exact) mass is 270 g/mol. The van der Waals surface area contributed by atoms with Crippen molar-refractivity contribution in [2.45, 2.75) is 19.3 Å². The van der Waals surface area contributed by atoms with Crippen molar-refractivity contribution in [1.29, 1.82) is 0 Å². The molecule has 18 heavy (non-hydrogen) atoms. The summed E-state index contributed by atoms with van der Waals surface area (Å²) in [5.41, 5.74) is 2.69. The number of hydrogen-bond acceptors (Lipinski definition) is 0. The van der Waals surface area contributed by atoms with Crippen molar-refractivity contribution in [3.05, 3.63) is 84.0 Å². The van der Waals surface area contributed by atoms with Gasteiger partial charge in [0.05, 0.1) is 0 Å². The molecule has 2 aliphatic carbocycles. The van der Waals surface area contributed by atoms with E-state index in [0.29, 0.717) is 0 Å². The summed E-state index contributed by atoms with van der Waals surface area (Å²) in [6.45, 7) is 0. The maximum atomic E-state index is 3.31. The zero-order valence-electron chi connectivity index (χ0n) is 12.4. The van der Waals surface area contributed by atoms with E-state index in [4.69, 9.17) is 0 Å². The van der Waals surface area contributed by atoms with Crippen LogP contribution in [0.15, 0.2) is 66.3 Å². The first-order chi connectivity index (χ1) is 8.45. The van der Waals surface area contributed by atoms with Crippen molar-refractivity contribution in [3.63, 3.8) is 0 Å². The van der Waals surface area contributed by atoms with Gasteiger partial charge in [-0.2, -0.15) is 12.2 Å². The first-order valence-corrected chi connectivity index (χ1v) is 5.97. The van der Waals surface area contributed by atoms with E-state index in [0.717, 1.165) is 19.3 Å². The maximum Gasteiger partial charge on any atom is 4.00 e. The molecule has 0 atom stereocenters. The second-order valence-corrected chi connectivity index (χ2v) is 3.97. The van der Waals surface area contributed by atoms with Crippen molar-refractivity contribution in [2.24, 2.45) is 0 Å². The van der Waals surface area contributed by atoms with E-state index in [1.807, 2.05) is 18.2 Å². The van der Waals surface area contributed by atoms with Crippen molar-refractivity contribution < 1.29 is 24.6 Å². The predicted octanol–water partition coefficient (Wildman–Crippen LogP) is 4.45. The summed E-state index contributed by atoms with van der Waals surface area (Å²) < 4.78 is 0. The molecule has 2 aliphatic rings. The molecule has 0 amide bonds. The van der Waals surface area contributed by atoms with Crippen molar-refractivity contribution in [1.82, 2.24) is 0 Å². The third-order valence-corrected chi connectivity index (χ3v) is 2.59. The Balaban J connectivity index is 0. The quantitative estimate of drug-likeness (QED) is 0.550. The molecular weight excluding hydrogens is 252 g/mol. The Morgan fingerprint density at radius 3 is 2.39 bits per heavy atom. The van der Waals surface area contributed by atoms with E-state index in [1.165, 1.54) is 11.1 Å². The molecule has 0 nitrogen and oxygen atoms in total. The van der Waals surface area contributed by atoms with Crippen LogP contribution in [-0.4, -0.2) is 0 Å². The number of allylic oxidation sites excluding steroid dienone is 8. The zero-order chi connectivity index (χ0) is 11.8. The van der Waals surface area contributed by atoms with E-state index in [2.05, 4.69) is 54.6 Å². The molecule has 1 aromatic rings. The maximum absolute atomic E-state index is 3.31. The largest absolute Gasteiger partial charge is 4.00 e. The summed E-state index contributed by atoms with van der Waals surface area (Å²) in [6.07, 6.45) is 19.6. The molecule has 1 aromatic carbocycles. The summed E-state index contributed by atoms with van der Waals surface area (Å²) >= 11 is 0. The summed E-state index contributed by atoms with van der Waals surface area (Å²) in [6, 6.07) is 10.5. The van der Waals surface area contributed by atoms with Crippen LogP contribution in [0.25, 0.3) is 0 Å². The fraction of sp³-hybridized carbons (Fsp3) is 0.176. The van der Waals surface area contributed by atoms with Gasteiger partial charge in [0.2, 0.25) is 0 Å². The molecule has 0 spiro atoms. The van der Waals surface area contributed by atoms with Crippen LogP contribution < -0.4 is 0 Å². The Kier molecular flexibility index (Phi) is 7.40. The van der Waals surface area contributed by atoms with Gasteiger partial charge in [0.15, 0.2) is 0 Å². The Labute approximate surface area is 128 Å². The SMILES string of the molecule is [C-]1=C(Cc2ccccc2)C=CC1.[C-]1=CC=CC1.[H-].[H-].[Ti+4]. The van der Waals surface area contributed by atoms with E-state index in [-0.39, 0.29) is 24.6 Å². The molecule has 0 saturated heterocycles. The molecule has 0 radical (unpaired) electrons.